The Hall–Kier alpha value is -1.16. The van der Waals surface area contributed by atoms with Crippen LogP contribution in [0.15, 0.2) is 16.6 Å². The van der Waals surface area contributed by atoms with Gasteiger partial charge in [0.15, 0.2) is 6.29 Å². The number of hydrogen-bond donors (Lipinski definition) is 0. The molecule has 1 aromatic carbocycles. The Labute approximate surface area is 89.8 Å². The van der Waals surface area contributed by atoms with Crippen molar-refractivity contribution in [3.8, 4) is 0 Å². The van der Waals surface area contributed by atoms with Crippen LogP contribution in [0.2, 0.25) is 0 Å². The first-order valence-electron chi connectivity index (χ1n) is 4.21. The first-order valence-corrected chi connectivity index (χ1v) is 5.01. The zero-order valence-corrected chi connectivity index (χ0v) is 9.50. The lowest BCUT2D eigenvalue weighted by molar-refractivity contribution is 0.112. The van der Waals surface area contributed by atoms with E-state index in [9.17, 15) is 4.79 Å². The van der Waals surface area contributed by atoms with Crippen molar-refractivity contribution < 1.29 is 4.79 Å². The number of aldehydes is 1. The Bertz CT molecular complexity index is 516. The lowest BCUT2D eigenvalue weighted by Gasteiger charge is -1.96. The number of carbonyl (C=O) groups is 1. The molecule has 0 spiro atoms. The highest BCUT2D eigenvalue weighted by molar-refractivity contribution is 9.10. The third-order valence-electron chi connectivity index (χ3n) is 2.37. The van der Waals surface area contributed by atoms with Gasteiger partial charge in [0, 0.05) is 28.2 Å². The maximum absolute atomic E-state index is 10.7. The van der Waals surface area contributed by atoms with Crippen LogP contribution in [0.1, 0.15) is 16.1 Å². The Morgan fingerprint density at radius 2 is 2.21 bits per heavy atom. The van der Waals surface area contributed by atoms with Crippen LogP contribution < -0.4 is 0 Å². The maximum atomic E-state index is 10.7. The number of aromatic nitrogens is 2. The highest BCUT2D eigenvalue weighted by Gasteiger charge is 2.08. The molecule has 0 unspecified atom stereocenters. The van der Waals surface area contributed by atoms with Crippen LogP contribution in [0.4, 0.5) is 0 Å². The van der Waals surface area contributed by atoms with E-state index in [1.165, 1.54) is 0 Å². The molecule has 0 aliphatic rings. The van der Waals surface area contributed by atoms with Gasteiger partial charge in [-0.1, -0.05) is 0 Å². The molecule has 0 atom stereocenters. The summed E-state index contributed by atoms with van der Waals surface area (Å²) in [6, 6.07) is 3.72. The molecule has 0 fully saturated rings. The van der Waals surface area contributed by atoms with E-state index in [1.54, 1.807) is 0 Å². The molecule has 0 radical (unpaired) electrons. The monoisotopic (exact) mass is 252 g/mol. The van der Waals surface area contributed by atoms with Crippen LogP contribution in [-0.2, 0) is 7.05 Å². The van der Waals surface area contributed by atoms with Crippen molar-refractivity contribution in [3.05, 3.63) is 27.9 Å². The average molecular weight is 253 g/mol. The largest absolute Gasteiger partial charge is 0.298 e. The standard InChI is InChI=1S/C10H9BrN2O/c1-6-8-3-7(5-14)9(11)4-10(8)12-13(6)2/h3-5H,1-2H3. The number of carbonyl (C=O) groups excluding carboxylic acids is 1. The molecule has 4 heteroatoms. The molecule has 0 aliphatic carbocycles. The minimum absolute atomic E-state index is 0.661. The van der Waals surface area contributed by atoms with Gasteiger partial charge >= 0.3 is 0 Å². The van der Waals surface area contributed by atoms with Gasteiger partial charge in [-0.2, -0.15) is 5.10 Å². The van der Waals surface area contributed by atoms with Gasteiger partial charge < -0.3 is 0 Å². The average Bonchev–Trinajstić information content (AvgIpc) is 2.41. The molecule has 0 aliphatic heterocycles. The highest BCUT2D eigenvalue weighted by Crippen LogP contribution is 2.24. The van der Waals surface area contributed by atoms with Crippen molar-refractivity contribution in [3.63, 3.8) is 0 Å². The summed E-state index contributed by atoms with van der Waals surface area (Å²) in [6.45, 7) is 1.98. The van der Waals surface area contributed by atoms with Crippen molar-refractivity contribution in [2.45, 2.75) is 6.92 Å². The van der Waals surface area contributed by atoms with E-state index in [2.05, 4.69) is 21.0 Å². The van der Waals surface area contributed by atoms with Crippen molar-refractivity contribution in [1.82, 2.24) is 9.78 Å². The van der Waals surface area contributed by atoms with E-state index >= 15 is 0 Å². The molecular formula is C10H9BrN2O. The van der Waals surface area contributed by atoms with Gasteiger partial charge in [0.25, 0.3) is 0 Å². The van der Waals surface area contributed by atoms with Crippen LogP contribution >= 0.6 is 15.9 Å². The molecule has 0 amide bonds. The smallest absolute Gasteiger partial charge is 0.151 e. The third-order valence-corrected chi connectivity index (χ3v) is 3.06. The summed E-state index contributed by atoms with van der Waals surface area (Å²) in [6.07, 6.45) is 0.843. The van der Waals surface area contributed by atoms with Gasteiger partial charge in [-0.3, -0.25) is 9.48 Å². The van der Waals surface area contributed by atoms with Gasteiger partial charge in [0.2, 0.25) is 0 Å². The molecule has 14 heavy (non-hydrogen) atoms. The molecule has 3 nitrogen and oxygen atoms in total. The molecule has 2 rings (SSSR count). The van der Waals surface area contributed by atoms with Crippen LogP contribution in [0.5, 0.6) is 0 Å². The summed E-state index contributed by atoms with van der Waals surface area (Å²) in [5.41, 5.74) is 2.63. The second-order valence-corrected chi connectivity index (χ2v) is 4.07. The lowest BCUT2D eigenvalue weighted by Crippen LogP contribution is -1.91. The van der Waals surface area contributed by atoms with Gasteiger partial charge in [-0.15, -0.1) is 0 Å². The molecule has 1 heterocycles. The zero-order chi connectivity index (χ0) is 10.3. The highest BCUT2D eigenvalue weighted by atomic mass is 79.9. The minimum atomic E-state index is 0.661. The van der Waals surface area contributed by atoms with Crippen LogP contribution in [0, 0.1) is 6.92 Å². The summed E-state index contributed by atoms with van der Waals surface area (Å²) in [5, 5.41) is 5.35. The van der Waals surface area contributed by atoms with E-state index < -0.39 is 0 Å². The number of hydrogen-bond acceptors (Lipinski definition) is 2. The first kappa shape index (κ1) is 9.40. The fraction of sp³-hybridized carbons (Fsp3) is 0.200. The molecule has 2 aromatic rings. The molecular weight excluding hydrogens is 244 g/mol. The van der Waals surface area contributed by atoms with Gasteiger partial charge in [0.1, 0.15) is 0 Å². The third kappa shape index (κ3) is 1.26. The molecule has 0 saturated carbocycles. The number of aryl methyl sites for hydroxylation is 2. The zero-order valence-electron chi connectivity index (χ0n) is 7.91. The van der Waals surface area contributed by atoms with E-state index in [0.717, 1.165) is 27.4 Å². The van der Waals surface area contributed by atoms with Crippen molar-refractivity contribution in [2.24, 2.45) is 7.05 Å². The molecule has 0 saturated heterocycles. The number of fused-ring (bicyclic) bond motifs is 1. The Morgan fingerprint density at radius 3 is 2.86 bits per heavy atom. The van der Waals surface area contributed by atoms with Crippen molar-refractivity contribution >= 4 is 33.1 Å². The first-order chi connectivity index (χ1) is 6.63. The van der Waals surface area contributed by atoms with E-state index in [0.29, 0.717) is 5.56 Å². The lowest BCUT2D eigenvalue weighted by atomic mass is 10.1. The van der Waals surface area contributed by atoms with Crippen molar-refractivity contribution in [2.75, 3.05) is 0 Å². The number of nitrogens with zero attached hydrogens (tertiary/aromatic N) is 2. The number of rotatable bonds is 1. The van der Waals surface area contributed by atoms with E-state index in [-0.39, 0.29) is 0 Å². The molecule has 1 aromatic heterocycles. The quantitative estimate of drug-likeness (QED) is 0.731. The second kappa shape index (κ2) is 3.20. The predicted molar refractivity (Wildman–Crippen MR) is 58.5 cm³/mol. The van der Waals surface area contributed by atoms with Crippen LogP contribution in [0.25, 0.3) is 10.9 Å². The fourth-order valence-electron chi connectivity index (χ4n) is 1.45. The topological polar surface area (TPSA) is 34.9 Å². The predicted octanol–water partition coefficient (Wildman–Crippen LogP) is 2.46. The van der Waals surface area contributed by atoms with E-state index in [4.69, 9.17) is 0 Å². The summed E-state index contributed by atoms with van der Waals surface area (Å²) < 4.78 is 2.60. The molecule has 0 bridgehead atoms. The molecule has 72 valence electrons. The normalized spacial score (nSPS) is 10.8. The van der Waals surface area contributed by atoms with Crippen LogP contribution in [0.3, 0.4) is 0 Å². The fourth-order valence-corrected chi connectivity index (χ4v) is 1.88. The maximum Gasteiger partial charge on any atom is 0.151 e. The van der Waals surface area contributed by atoms with Gasteiger partial charge in [0.05, 0.1) is 5.52 Å². The summed E-state index contributed by atoms with van der Waals surface area (Å²) in [5.74, 6) is 0. The Morgan fingerprint density at radius 1 is 1.50 bits per heavy atom. The van der Waals surface area contributed by atoms with Crippen LogP contribution in [-0.4, -0.2) is 16.1 Å². The van der Waals surface area contributed by atoms with Gasteiger partial charge in [-0.05, 0) is 35.0 Å². The Kier molecular flexibility index (Phi) is 2.15. The van der Waals surface area contributed by atoms with E-state index in [1.807, 2.05) is 30.8 Å². The summed E-state index contributed by atoms with van der Waals surface area (Å²) >= 11 is 3.33. The molecule has 0 N–H and O–H groups in total. The minimum Gasteiger partial charge on any atom is -0.298 e. The van der Waals surface area contributed by atoms with Crippen molar-refractivity contribution in [1.29, 1.82) is 0 Å². The SMILES string of the molecule is Cc1c2cc(C=O)c(Br)cc2nn1C. The summed E-state index contributed by atoms with van der Waals surface area (Å²) in [4.78, 5) is 10.7. The number of halogens is 1. The summed E-state index contributed by atoms with van der Waals surface area (Å²) in [7, 11) is 1.89. The Balaban J connectivity index is 2.86. The van der Waals surface area contributed by atoms with Gasteiger partial charge in [-0.25, -0.2) is 0 Å². The second-order valence-electron chi connectivity index (χ2n) is 3.22. The number of benzene rings is 1.